The molecule has 0 aliphatic carbocycles. The zero-order chi connectivity index (χ0) is 16.2. The first-order chi connectivity index (χ1) is 10.4. The van der Waals surface area contributed by atoms with Crippen LogP contribution in [0.4, 0.5) is 13.2 Å². The first kappa shape index (κ1) is 16.8. The predicted octanol–water partition coefficient (Wildman–Crippen LogP) is 3.17. The van der Waals surface area contributed by atoms with Crippen molar-refractivity contribution in [2.45, 2.75) is 25.9 Å². The number of piperidine rings is 1. The molecular formula is C16H21F3N2O. The van der Waals surface area contributed by atoms with Crippen molar-refractivity contribution in [3.8, 4) is 0 Å². The number of carbonyl (C=O) groups excluding carboxylic acids is 1. The summed E-state index contributed by atoms with van der Waals surface area (Å²) in [5, 5.41) is 3.29. The van der Waals surface area contributed by atoms with E-state index in [1.54, 1.807) is 4.90 Å². The van der Waals surface area contributed by atoms with Crippen molar-refractivity contribution >= 4 is 5.91 Å². The Hall–Kier alpha value is -1.56. The summed E-state index contributed by atoms with van der Waals surface area (Å²) in [5.74, 6) is 0.221. The van der Waals surface area contributed by atoms with Gasteiger partial charge in [0, 0.05) is 18.7 Å². The van der Waals surface area contributed by atoms with Crippen LogP contribution in [0.2, 0.25) is 0 Å². The zero-order valence-corrected chi connectivity index (χ0v) is 12.6. The van der Waals surface area contributed by atoms with Crippen molar-refractivity contribution in [3.05, 3.63) is 35.4 Å². The van der Waals surface area contributed by atoms with Gasteiger partial charge < -0.3 is 10.2 Å². The van der Waals surface area contributed by atoms with Gasteiger partial charge in [-0.2, -0.15) is 13.2 Å². The number of benzene rings is 1. The highest BCUT2D eigenvalue weighted by molar-refractivity contribution is 5.94. The van der Waals surface area contributed by atoms with Crippen LogP contribution < -0.4 is 5.32 Å². The van der Waals surface area contributed by atoms with Crippen LogP contribution in [0.1, 0.15) is 35.7 Å². The summed E-state index contributed by atoms with van der Waals surface area (Å²) in [4.78, 5) is 14.0. The van der Waals surface area contributed by atoms with E-state index in [1.807, 2.05) is 6.92 Å². The number of carbonyl (C=O) groups is 1. The van der Waals surface area contributed by atoms with Gasteiger partial charge in [0.15, 0.2) is 0 Å². The summed E-state index contributed by atoms with van der Waals surface area (Å²) in [5.41, 5.74) is -0.666. The summed E-state index contributed by atoms with van der Waals surface area (Å²) >= 11 is 0. The molecule has 1 aromatic carbocycles. The standard InChI is InChI=1S/C16H21F3N2O/c1-2-20-11-12-6-8-21(9-7-12)15(22)13-4-3-5-14(10-13)16(17,18)19/h3-5,10,12,20H,2,6-9,11H2,1H3. The molecule has 0 radical (unpaired) electrons. The molecule has 3 nitrogen and oxygen atoms in total. The number of nitrogens with one attached hydrogen (secondary N) is 1. The molecule has 1 N–H and O–H groups in total. The maximum Gasteiger partial charge on any atom is 0.416 e. The Kier molecular flexibility index (Phi) is 5.45. The van der Waals surface area contributed by atoms with Gasteiger partial charge in [-0.05, 0) is 50.0 Å². The maximum absolute atomic E-state index is 12.7. The van der Waals surface area contributed by atoms with E-state index in [0.717, 1.165) is 38.1 Å². The molecule has 1 aliphatic heterocycles. The van der Waals surface area contributed by atoms with Gasteiger partial charge >= 0.3 is 6.18 Å². The third-order valence-electron chi connectivity index (χ3n) is 4.02. The number of hydrogen-bond acceptors (Lipinski definition) is 2. The molecule has 122 valence electrons. The largest absolute Gasteiger partial charge is 0.416 e. The van der Waals surface area contributed by atoms with E-state index >= 15 is 0 Å². The summed E-state index contributed by atoms with van der Waals surface area (Å²) in [7, 11) is 0. The molecule has 0 aromatic heterocycles. The maximum atomic E-state index is 12.7. The number of alkyl halides is 3. The van der Waals surface area contributed by atoms with Crippen molar-refractivity contribution < 1.29 is 18.0 Å². The molecule has 0 atom stereocenters. The second-order valence-electron chi connectivity index (χ2n) is 5.62. The second kappa shape index (κ2) is 7.13. The Balaban J connectivity index is 1.98. The molecule has 22 heavy (non-hydrogen) atoms. The highest BCUT2D eigenvalue weighted by atomic mass is 19.4. The molecule has 1 fully saturated rings. The molecule has 1 saturated heterocycles. The average Bonchev–Trinajstić information content (AvgIpc) is 2.52. The van der Waals surface area contributed by atoms with E-state index < -0.39 is 11.7 Å². The van der Waals surface area contributed by atoms with Crippen LogP contribution in [-0.2, 0) is 6.18 Å². The van der Waals surface area contributed by atoms with Crippen LogP contribution in [0.15, 0.2) is 24.3 Å². The lowest BCUT2D eigenvalue weighted by Crippen LogP contribution is -2.40. The van der Waals surface area contributed by atoms with Gasteiger partial charge in [-0.15, -0.1) is 0 Å². The molecule has 0 unspecified atom stereocenters. The smallest absolute Gasteiger partial charge is 0.339 e. The van der Waals surface area contributed by atoms with E-state index in [4.69, 9.17) is 0 Å². The molecule has 0 saturated carbocycles. The van der Waals surface area contributed by atoms with Gasteiger partial charge in [0.05, 0.1) is 5.56 Å². The quantitative estimate of drug-likeness (QED) is 0.926. The van der Waals surface area contributed by atoms with Crippen molar-refractivity contribution in [1.82, 2.24) is 10.2 Å². The van der Waals surface area contributed by atoms with Gasteiger partial charge in [-0.1, -0.05) is 13.0 Å². The molecule has 0 spiro atoms. The molecule has 1 amide bonds. The fourth-order valence-corrected chi connectivity index (χ4v) is 2.70. The van der Waals surface area contributed by atoms with Crippen LogP contribution in [0.3, 0.4) is 0 Å². The molecule has 1 aromatic rings. The Labute approximate surface area is 128 Å². The first-order valence-electron chi connectivity index (χ1n) is 7.59. The van der Waals surface area contributed by atoms with E-state index in [9.17, 15) is 18.0 Å². The number of nitrogens with zero attached hydrogens (tertiary/aromatic N) is 1. The number of rotatable bonds is 4. The Morgan fingerprint density at radius 2 is 2.00 bits per heavy atom. The fraction of sp³-hybridized carbons (Fsp3) is 0.562. The Morgan fingerprint density at radius 1 is 1.32 bits per heavy atom. The molecule has 1 aliphatic rings. The molecular weight excluding hydrogens is 293 g/mol. The van der Waals surface area contributed by atoms with Crippen LogP contribution in [-0.4, -0.2) is 37.0 Å². The molecule has 2 rings (SSSR count). The minimum Gasteiger partial charge on any atom is -0.339 e. The zero-order valence-electron chi connectivity index (χ0n) is 12.6. The number of amides is 1. The lowest BCUT2D eigenvalue weighted by Gasteiger charge is -2.32. The molecule has 0 bridgehead atoms. The average molecular weight is 314 g/mol. The second-order valence-corrected chi connectivity index (χ2v) is 5.62. The number of likely N-dealkylation sites (tertiary alicyclic amines) is 1. The number of hydrogen-bond donors (Lipinski definition) is 1. The normalized spacial score (nSPS) is 16.8. The Bertz CT molecular complexity index is 508. The minimum atomic E-state index is -4.42. The summed E-state index contributed by atoms with van der Waals surface area (Å²) in [6.45, 7) is 5.11. The summed E-state index contributed by atoms with van der Waals surface area (Å²) in [6.07, 6.45) is -2.65. The van der Waals surface area contributed by atoms with Crippen LogP contribution in [0, 0.1) is 5.92 Å². The highest BCUT2D eigenvalue weighted by Crippen LogP contribution is 2.30. The third-order valence-corrected chi connectivity index (χ3v) is 4.02. The van der Waals surface area contributed by atoms with Crippen LogP contribution in [0.25, 0.3) is 0 Å². The van der Waals surface area contributed by atoms with Crippen LogP contribution in [0.5, 0.6) is 0 Å². The van der Waals surface area contributed by atoms with Gasteiger partial charge in [0.1, 0.15) is 0 Å². The van der Waals surface area contributed by atoms with E-state index in [0.29, 0.717) is 19.0 Å². The highest BCUT2D eigenvalue weighted by Gasteiger charge is 2.31. The van der Waals surface area contributed by atoms with Gasteiger partial charge in [-0.3, -0.25) is 4.79 Å². The third kappa shape index (κ3) is 4.22. The monoisotopic (exact) mass is 314 g/mol. The van der Waals surface area contributed by atoms with Crippen molar-refractivity contribution in [1.29, 1.82) is 0 Å². The van der Waals surface area contributed by atoms with Crippen LogP contribution >= 0.6 is 0 Å². The number of halogens is 3. The summed E-state index contributed by atoms with van der Waals surface area (Å²) in [6, 6.07) is 4.66. The fourth-order valence-electron chi connectivity index (χ4n) is 2.70. The van der Waals surface area contributed by atoms with E-state index in [-0.39, 0.29) is 11.5 Å². The van der Waals surface area contributed by atoms with Crippen molar-refractivity contribution in [2.24, 2.45) is 5.92 Å². The van der Waals surface area contributed by atoms with Crippen molar-refractivity contribution in [2.75, 3.05) is 26.2 Å². The van der Waals surface area contributed by atoms with Crippen molar-refractivity contribution in [3.63, 3.8) is 0 Å². The topological polar surface area (TPSA) is 32.3 Å². The predicted molar refractivity (Wildman–Crippen MR) is 78.6 cm³/mol. The first-order valence-corrected chi connectivity index (χ1v) is 7.59. The van der Waals surface area contributed by atoms with Gasteiger partial charge in [0.25, 0.3) is 5.91 Å². The summed E-state index contributed by atoms with van der Waals surface area (Å²) < 4.78 is 38.1. The van der Waals surface area contributed by atoms with Gasteiger partial charge in [-0.25, -0.2) is 0 Å². The SMILES string of the molecule is CCNCC1CCN(C(=O)c2cccc(C(F)(F)F)c2)CC1. The van der Waals surface area contributed by atoms with Gasteiger partial charge in [0.2, 0.25) is 0 Å². The Morgan fingerprint density at radius 3 is 2.59 bits per heavy atom. The molecule has 1 heterocycles. The van der Waals surface area contributed by atoms with E-state index in [2.05, 4.69) is 5.32 Å². The molecule has 6 heteroatoms. The van der Waals surface area contributed by atoms with E-state index in [1.165, 1.54) is 12.1 Å². The minimum absolute atomic E-state index is 0.111. The lowest BCUT2D eigenvalue weighted by atomic mass is 9.96. The lowest BCUT2D eigenvalue weighted by molar-refractivity contribution is -0.137.